The number of carbonyl (C=O) groups excluding carboxylic acids is 1. The number of thioether (sulfide) groups is 3. The molecule has 0 bridgehead atoms. The van der Waals surface area contributed by atoms with Gasteiger partial charge in [0.25, 0.3) is 4.38 Å². The lowest BCUT2D eigenvalue weighted by molar-refractivity contribution is -0.453. The number of alkyl halides is 1. The third-order valence-electron chi connectivity index (χ3n) is 5.86. The quantitative estimate of drug-likeness (QED) is 0.138. The topological polar surface area (TPSA) is 89.8 Å². The molecule has 0 aromatic heterocycles. The Morgan fingerprint density at radius 1 is 1.05 bits per heavy atom. The number of amides is 1. The molecule has 0 radical (unpaired) electrons. The van der Waals surface area contributed by atoms with Gasteiger partial charge in [-0.2, -0.15) is 0 Å². The molecular weight excluding hydrogens is 608 g/mol. The van der Waals surface area contributed by atoms with Crippen LogP contribution in [0.1, 0.15) is 11.1 Å². The van der Waals surface area contributed by atoms with Gasteiger partial charge in [-0.15, -0.1) is 16.2 Å². The van der Waals surface area contributed by atoms with E-state index in [1.807, 2.05) is 61.2 Å². The third-order valence-corrected chi connectivity index (χ3v) is 10.5. The number of hydrogen-bond donors (Lipinski definition) is 0. The van der Waals surface area contributed by atoms with Crippen LogP contribution in [0.2, 0.25) is 0 Å². The molecule has 2 aliphatic rings. The van der Waals surface area contributed by atoms with Crippen LogP contribution in [0.15, 0.2) is 92.5 Å². The van der Waals surface area contributed by atoms with Gasteiger partial charge in [-0.1, -0.05) is 71.6 Å². The van der Waals surface area contributed by atoms with E-state index in [0.717, 1.165) is 41.8 Å². The molecule has 210 valence electrons. The van der Waals surface area contributed by atoms with Crippen molar-refractivity contribution in [1.29, 1.82) is 0 Å². The van der Waals surface area contributed by atoms with Crippen molar-refractivity contribution < 1.29 is 27.1 Å². The second kappa shape index (κ2) is 13.5. The molecule has 12 heteroatoms. The van der Waals surface area contributed by atoms with E-state index in [1.165, 1.54) is 12.1 Å². The van der Waals surface area contributed by atoms with E-state index < -0.39 is 10.1 Å². The first-order chi connectivity index (χ1) is 19.1. The zero-order valence-corrected chi connectivity index (χ0v) is 26.0. The molecule has 0 aliphatic carbocycles. The summed E-state index contributed by atoms with van der Waals surface area (Å²) in [5, 5.41) is 0.964. The van der Waals surface area contributed by atoms with Gasteiger partial charge in [-0.25, -0.2) is 13.2 Å². The number of benzene rings is 3. The van der Waals surface area contributed by atoms with Gasteiger partial charge in [-0.3, -0.25) is 0 Å². The summed E-state index contributed by atoms with van der Waals surface area (Å²) in [6.07, 6.45) is 2.02. The highest BCUT2D eigenvalue weighted by Crippen LogP contribution is 2.50. The van der Waals surface area contributed by atoms with Crippen molar-refractivity contribution in [2.24, 2.45) is 0 Å². The number of hydrogen-bond acceptors (Lipinski definition) is 9. The number of carbonyl (C=O) groups is 1. The summed E-state index contributed by atoms with van der Waals surface area (Å²) < 4.78 is 39.7. The van der Waals surface area contributed by atoms with Crippen molar-refractivity contribution in [1.82, 2.24) is 0 Å². The molecule has 2 heterocycles. The molecule has 0 fully saturated rings. The van der Waals surface area contributed by atoms with E-state index in [2.05, 4.69) is 17.0 Å². The fraction of sp³-hybridized carbons (Fsp3) is 0.214. The Kier molecular flexibility index (Phi) is 10.3. The second-order valence-corrected chi connectivity index (χ2v) is 13.5. The predicted molar refractivity (Wildman–Crippen MR) is 165 cm³/mol. The molecule has 2 aliphatic heterocycles. The molecule has 3 aromatic rings. The summed E-state index contributed by atoms with van der Waals surface area (Å²) in [6.45, 7) is 2.87. The molecule has 0 saturated heterocycles. The van der Waals surface area contributed by atoms with Gasteiger partial charge < -0.3 is 14.2 Å². The van der Waals surface area contributed by atoms with Crippen LogP contribution in [-0.2, 0) is 21.5 Å². The zero-order chi connectivity index (χ0) is 28.9. The molecule has 0 saturated carbocycles. The average molecular weight is 635 g/mol. The van der Waals surface area contributed by atoms with Crippen LogP contribution in [0.5, 0.6) is 5.75 Å². The number of anilines is 1. The summed E-state index contributed by atoms with van der Waals surface area (Å²) >= 11 is 10.5. The van der Waals surface area contributed by atoms with Gasteiger partial charge in [0.05, 0.1) is 16.5 Å². The van der Waals surface area contributed by atoms with Crippen molar-refractivity contribution in [2.45, 2.75) is 23.3 Å². The Bertz CT molecular complexity index is 1560. The first kappa shape index (κ1) is 30.5. The zero-order valence-electron chi connectivity index (χ0n) is 22.0. The van der Waals surface area contributed by atoms with E-state index in [-0.39, 0.29) is 10.8 Å². The Morgan fingerprint density at radius 3 is 2.38 bits per heavy atom. The Balaban J connectivity index is 0.000000283. The maximum absolute atomic E-state index is 13.3. The van der Waals surface area contributed by atoms with Crippen LogP contribution in [0.25, 0.3) is 0 Å². The molecule has 0 atom stereocenters. The van der Waals surface area contributed by atoms with Gasteiger partial charge in [0.15, 0.2) is 11.4 Å². The number of ether oxygens (including phenoxy) is 1. The smallest absolute Gasteiger partial charge is 0.430 e. The fourth-order valence-electron chi connectivity index (χ4n) is 3.86. The highest BCUT2D eigenvalue weighted by Gasteiger charge is 2.42. The largest absolute Gasteiger partial charge is 0.744 e. The molecule has 0 unspecified atom stereocenters. The molecular formula is C28H27ClN2O5S4. The van der Waals surface area contributed by atoms with Crippen LogP contribution in [0.4, 0.5) is 5.69 Å². The average Bonchev–Trinajstić information content (AvgIpc) is 3.43. The Labute approximate surface area is 252 Å². The molecule has 7 nitrogen and oxygen atoms in total. The van der Waals surface area contributed by atoms with Crippen molar-refractivity contribution in [3.63, 3.8) is 0 Å². The molecule has 3 aromatic carbocycles. The molecule has 40 heavy (non-hydrogen) atoms. The van der Waals surface area contributed by atoms with Gasteiger partial charge in [0.1, 0.15) is 27.5 Å². The number of rotatable bonds is 6. The third kappa shape index (κ3) is 7.26. The summed E-state index contributed by atoms with van der Waals surface area (Å²) in [5.41, 5.74) is 3.10. The summed E-state index contributed by atoms with van der Waals surface area (Å²) in [7, 11) is -2.27. The number of fused-ring (bicyclic) bond motifs is 1. The summed E-state index contributed by atoms with van der Waals surface area (Å²) in [6, 6.07) is 21.9. The van der Waals surface area contributed by atoms with Gasteiger partial charge in [-0.05, 0) is 37.4 Å². The molecule has 1 amide bonds. The fourth-order valence-corrected chi connectivity index (χ4v) is 7.52. The van der Waals surface area contributed by atoms with Crippen molar-refractivity contribution in [3.8, 4) is 5.75 Å². The van der Waals surface area contributed by atoms with Gasteiger partial charge in [0.2, 0.25) is 0 Å². The minimum Gasteiger partial charge on any atom is -0.744 e. The first-order valence-corrected chi connectivity index (χ1v) is 16.9. The Morgan fingerprint density at radius 2 is 1.75 bits per heavy atom. The van der Waals surface area contributed by atoms with Gasteiger partial charge >= 0.3 is 5.91 Å². The van der Waals surface area contributed by atoms with Gasteiger partial charge in [0, 0.05) is 35.3 Å². The maximum Gasteiger partial charge on any atom is 0.430 e. The summed E-state index contributed by atoms with van der Waals surface area (Å²) in [4.78, 5) is 17.1. The van der Waals surface area contributed by atoms with E-state index in [0.29, 0.717) is 19.0 Å². The lowest BCUT2D eigenvalue weighted by atomic mass is 10.2. The highest BCUT2D eigenvalue weighted by atomic mass is 35.5. The SMILES string of the molecule is CSC1=[N+](Cc2ccccc2)C(=O)C(=C2Sc3ccc(OCCCl)cc3N2C)S1.Cc1ccc(S(=O)(=O)[O-])cc1. The van der Waals surface area contributed by atoms with Crippen LogP contribution in [0, 0.1) is 6.92 Å². The molecule has 0 N–H and O–H groups in total. The molecule has 5 rings (SSSR count). The van der Waals surface area contributed by atoms with E-state index in [9.17, 15) is 17.8 Å². The predicted octanol–water partition coefficient (Wildman–Crippen LogP) is 6.12. The van der Waals surface area contributed by atoms with Crippen molar-refractivity contribution >= 4 is 73.0 Å². The van der Waals surface area contributed by atoms with E-state index in [1.54, 1.807) is 47.4 Å². The highest BCUT2D eigenvalue weighted by molar-refractivity contribution is 8.40. The summed E-state index contributed by atoms with van der Waals surface area (Å²) in [5.74, 6) is 1.30. The Hall–Kier alpha value is -2.41. The second-order valence-electron chi connectivity index (χ2n) is 8.68. The minimum absolute atomic E-state index is 0.0592. The first-order valence-electron chi connectivity index (χ1n) is 12.1. The van der Waals surface area contributed by atoms with Crippen LogP contribution >= 0.6 is 46.9 Å². The minimum atomic E-state index is -4.27. The number of halogens is 1. The van der Waals surface area contributed by atoms with E-state index >= 15 is 0 Å². The normalized spacial score (nSPS) is 16.6. The van der Waals surface area contributed by atoms with E-state index in [4.69, 9.17) is 16.3 Å². The number of aryl methyl sites for hydroxylation is 1. The maximum atomic E-state index is 13.3. The monoisotopic (exact) mass is 634 g/mol. The standard InChI is InChI=1S/C21H20ClN2O2S3.C7H8O3S/c1-23-16-12-15(26-11-10-22)8-9-17(16)28-20(23)18-19(25)24(21(27-2)29-18)13-14-6-4-3-5-7-14;1-6-2-4-7(5-3-6)11(8,9)10/h3-9,12H,10-11,13H2,1-2H3;2-5H,1H3,(H,8,9,10)/q+1;/p-1. The van der Waals surface area contributed by atoms with Crippen molar-refractivity contribution in [3.05, 3.63) is 93.9 Å². The lowest BCUT2D eigenvalue weighted by Gasteiger charge is -2.15. The number of nitrogens with zero attached hydrogens (tertiary/aromatic N) is 2. The van der Waals surface area contributed by atoms with Crippen molar-refractivity contribution in [2.75, 3.05) is 30.7 Å². The van der Waals surface area contributed by atoms with Crippen LogP contribution in [0.3, 0.4) is 0 Å². The molecule has 0 spiro atoms. The lowest BCUT2D eigenvalue weighted by Crippen LogP contribution is -2.21. The van der Waals surface area contributed by atoms with Crippen LogP contribution in [-0.4, -0.2) is 53.6 Å². The van der Waals surface area contributed by atoms with Crippen LogP contribution < -0.4 is 9.64 Å².